The number of methoxy groups -OCH3 is 1. The SMILES string of the molecule is COc1ccccc1[C@H](CCN[C@H](C)c1ccccc1)c1ccc(OC(C)C)cc1. The number of ether oxygens (including phenoxy) is 2. The Labute approximate surface area is 181 Å². The Hall–Kier alpha value is -2.78. The second-order valence-corrected chi connectivity index (χ2v) is 7.91. The van der Waals surface area contributed by atoms with Crippen LogP contribution in [0.25, 0.3) is 0 Å². The molecule has 0 heterocycles. The average Bonchev–Trinajstić information content (AvgIpc) is 2.77. The van der Waals surface area contributed by atoms with Gasteiger partial charge < -0.3 is 14.8 Å². The van der Waals surface area contributed by atoms with Crippen molar-refractivity contribution in [2.24, 2.45) is 0 Å². The fraction of sp³-hybridized carbons (Fsp3) is 0.333. The standard InChI is InChI=1S/C27H33NO2/c1-20(2)30-24-16-14-23(15-17-24)25(26-12-8-9-13-27(26)29-4)18-19-28-21(3)22-10-6-5-7-11-22/h5-17,20-21,25,28H,18-19H2,1-4H3/t21-,25-/m1/s1. The highest BCUT2D eigenvalue weighted by Crippen LogP contribution is 2.35. The van der Waals surface area contributed by atoms with Gasteiger partial charge in [0.1, 0.15) is 11.5 Å². The van der Waals surface area contributed by atoms with Crippen molar-refractivity contribution < 1.29 is 9.47 Å². The first kappa shape index (κ1) is 21.9. The fourth-order valence-electron chi connectivity index (χ4n) is 3.81. The molecule has 0 aliphatic rings. The van der Waals surface area contributed by atoms with E-state index in [1.165, 1.54) is 16.7 Å². The van der Waals surface area contributed by atoms with Crippen LogP contribution in [0.5, 0.6) is 11.5 Å². The van der Waals surface area contributed by atoms with Crippen LogP contribution in [-0.4, -0.2) is 19.8 Å². The molecule has 0 saturated carbocycles. The summed E-state index contributed by atoms with van der Waals surface area (Å²) in [6.07, 6.45) is 1.15. The molecule has 1 N–H and O–H groups in total. The first-order valence-corrected chi connectivity index (χ1v) is 10.8. The summed E-state index contributed by atoms with van der Waals surface area (Å²) in [5.41, 5.74) is 3.79. The van der Waals surface area contributed by atoms with Gasteiger partial charge in [0.05, 0.1) is 13.2 Å². The number of rotatable bonds is 10. The minimum Gasteiger partial charge on any atom is -0.496 e. The third-order valence-corrected chi connectivity index (χ3v) is 5.35. The lowest BCUT2D eigenvalue weighted by Gasteiger charge is -2.22. The topological polar surface area (TPSA) is 30.5 Å². The number of nitrogens with one attached hydrogen (secondary N) is 1. The zero-order chi connectivity index (χ0) is 21.3. The normalized spacial score (nSPS) is 13.1. The lowest BCUT2D eigenvalue weighted by atomic mass is 9.87. The molecule has 0 aliphatic heterocycles. The summed E-state index contributed by atoms with van der Waals surface area (Å²) in [7, 11) is 1.74. The molecule has 158 valence electrons. The van der Waals surface area contributed by atoms with E-state index in [2.05, 4.69) is 79.0 Å². The van der Waals surface area contributed by atoms with Crippen molar-refractivity contribution in [1.29, 1.82) is 0 Å². The molecule has 0 amide bonds. The van der Waals surface area contributed by atoms with E-state index in [-0.39, 0.29) is 12.0 Å². The van der Waals surface area contributed by atoms with Gasteiger partial charge >= 0.3 is 0 Å². The van der Waals surface area contributed by atoms with Crippen LogP contribution in [0, 0.1) is 0 Å². The predicted octanol–water partition coefficient (Wildman–Crippen LogP) is 6.36. The molecule has 0 saturated heterocycles. The van der Waals surface area contributed by atoms with E-state index >= 15 is 0 Å². The predicted molar refractivity (Wildman–Crippen MR) is 125 cm³/mol. The minimum absolute atomic E-state index is 0.171. The molecule has 0 aromatic heterocycles. The van der Waals surface area contributed by atoms with Crippen LogP contribution in [0.1, 0.15) is 55.8 Å². The average molecular weight is 404 g/mol. The molecule has 2 atom stereocenters. The number of hydrogen-bond acceptors (Lipinski definition) is 3. The highest BCUT2D eigenvalue weighted by molar-refractivity contribution is 5.43. The monoisotopic (exact) mass is 403 g/mol. The fourth-order valence-corrected chi connectivity index (χ4v) is 3.81. The highest BCUT2D eigenvalue weighted by atomic mass is 16.5. The van der Waals surface area contributed by atoms with Gasteiger partial charge in [-0.05, 0) is 63.1 Å². The van der Waals surface area contributed by atoms with Crippen molar-refractivity contribution in [2.45, 2.75) is 45.3 Å². The van der Waals surface area contributed by atoms with E-state index in [1.807, 2.05) is 26.0 Å². The van der Waals surface area contributed by atoms with Crippen molar-refractivity contribution >= 4 is 0 Å². The zero-order valence-electron chi connectivity index (χ0n) is 18.5. The van der Waals surface area contributed by atoms with E-state index in [0.29, 0.717) is 6.04 Å². The maximum Gasteiger partial charge on any atom is 0.122 e. The largest absolute Gasteiger partial charge is 0.496 e. The lowest BCUT2D eigenvalue weighted by Crippen LogP contribution is -2.22. The lowest BCUT2D eigenvalue weighted by molar-refractivity contribution is 0.242. The van der Waals surface area contributed by atoms with E-state index in [4.69, 9.17) is 9.47 Å². The molecule has 0 spiro atoms. The van der Waals surface area contributed by atoms with Gasteiger partial charge in [-0.1, -0.05) is 60.7 Å². The highest BCUT2D eigenvalue weighted by Gasteiger charge is 2.19. The minimum atomic E-state index is 0.171. The van der Waals surface area contributed by atoms with Gasteiger partial charge in [-0.2, -0.15) is 0 Å². The smallest absolute Gasteiger partial charge is 0.122 e. The second kappa shape index (κ2) is 10.8. The molecule has 3 aromatic carbocycles. The number of para-hydroxylation sites is 1. The molecule has 0 bridgehead atoms. The Morgan fingerprint density at radius 3 is 2.10 bits per heavy atom. The Kier molecular flexibility index (Phi) is 7.92. The molecular weight excluding hydrogens is 370 g/mol. The molecule has 30 heavy (non-hydrogen) atoms. The van der Waals surface area contributed by atoms with Gasteiger partial charge in [0.25, 0.3) is 0 Å². The summed E-state index contributed by atoms with van der Waals surface area (Å²) < 4.78 is 11.5. The first-order chi connectivity index (χ1) is 14.6. The van der Waals surface area contributed by atoms with Crippen LogP contribution in [0.3, 0.4) is 0 Å². The van der Waals surface area contributed by atoms with Crippen LogP contribution in [0.2, 0.25) is 0 Å². The summed E-state index contributed by atoms with van der Waals surface area (Å²) in [6, 6.07) is 27.7. The van der Waals surface area contributed by atoms with Gasteiger partial charge in [0.15, 0.2) is 0 Å². The molecule has 0 fully saturated rings. The van der Waals surface area contributed by atoms with Gasteiger partial charge in [-0.3, -0.25) is 0 Å². The Bertz CT molecular complexity index is 890. The van der Waals surface area contributed by atoms with E-state index in [9.17, 15) is 0 Å². The third kappa shape index (κ3) is 5.87. The van der Waals surface area contributed by atoms with E-state index < -0.39 is 0 Å². The molecule has 3 aromatic rings. The molecule has 3 nitrogen and oxygen atoms in total. The molecule has 0 unspecified atom stereocenters. The van der Waals surface area contributed by atoms with E-state index in [0.717, 1.165) is 24.5 Å². The van der Waals surface area contributed by atoms with Crippen molar-refractivity contribution in [3.63, 3.8) is 0 Å². The summed E-state index contributed by atoms with van der Waals surface area (Å²) in [5.74, 6) is 2.08. The second-order valence-electron chi connectivity index (χ2n) is 7.91. The summed E-state index contributed by atoms with van der Waals surface area (Å²) in [6.45, 7) is 7.21. The quantitative estimate of drug-likeness (QED) is 0.427. The third-order valence-electron chi connectivity index (χ3n) is 5.35. The van der Waals surface area contributed by atoms with Gasteiger partial charge in [-0.15, -0.1) is 0 Å². The van der Waals surface area contributed by atoms with Crippen LogP contribution < -0.4 is 14.8 Å². The maximum atomic E-state index is 5.82. The van der Waals surface area contributed by atoms with Crippen LogP contribution in [-0.2, 0) is 0 Å². The zero-order valence-corrected chi connectivity index (χ0v) is 18.5. The Balaban J connectivity index is 1.78. The first-order valence-electron chi connectivity index (χ1n) is 10.8. The number of hydrogen-bond donors (Lipinski definition) is 1. The molecule has 3 rings (SSSR count). The van der Waals surface area contributed by atoms with Gasteiger partial charge in [0.2, 0.25) is 0 Å². The van der Waals surface area contributed by atoms with E-state index in [1.54, 1.807) is 7.11 Å². The van der Waals surface area contributed by atoms with Gasteiger partial charge in [0, 0.05) is 17.5 Å². The van der Waals surface area contributed by atoms with Crippen molar-refractivity contribution in [3.8, 4) is 11.5 Å². The molecule has 0 aliphatic carbocycles. The number of benzene rings is 3. The summed E-state index contributed by atoms with van der Waals surface area (Å²) >= 11 is 0. The van der Waals surface area contributed by atoms with Crippen molar-refractivity contribution in [1.82, 2.24) is 5.32 Å². The van der Waals surface area contributed by atoms with Crippen molar-refractivity contribution in [3.05, 3.63) is 95.6 Å². The van der Waals surface area contributed by atoms with Crippen molar-refractivity contribution in [2.75, 3.05) is 13.7 Å². The Morgan fingerprint density at radius 2 is 1.43 bits per heavy atom. The van der Waals surface area contributed by atoms with Crippen LogP contribution in [0.4, 0.5) is 0 Å². The molecule has 0 radical (unpaired) electrons. The van der Waals surface area contributed by atoms with Gasteiger partial charge in [-0.25, -0.2) is 0 Å². The molecular formula is C27H33NO2. The van der Waals surface area contributed by atoms with Crippen LogP contribution >= 0.6 is 0 Å². The summed E-state index contributed by atoms with van der Waals surface area (Å²) in [5, 5.41) is 3.68. The summed E-state index contributed by atoms with van der Waals surface area (Å²) in [4.78, 5) is 0. The molecule has 3 heteroatoms. The maximum absolute atomic E-state index is 5.82. The van der Waals surface area contributed by atoms with Crippen LogP contribution in [0.15, 0.2) is 78.9 Å². The Morgan fingerprint density at radius 1 is 0.767 bits per heavy atom.